The Balaban J connectivity index is 3.58. The van der Waals surface area contributed by atoms with Crippen molar-refractivity contribution >= 4 is 0 Å². The van der Waals surface area contributed by atoms with E-state index in [1.807, 2.05) is 0 Å². The summed E-state index contributed by atoms with van der Waals surface area (Å²) in [7, 11) is 0. The van der Waals surface area contributed by atoms with Gasteiger partial charge in [-0.2, -0.15) is 0 Å². The van der Waals surface area contributed by atoms with Crippen molar-refractivity contribution < 1.29 is 10.2 Å². The van der Waals surface area contributed by atoms with E-state index in [4.69, 9.17) is 10.2 Å². The van der Waals surface area contributed by atoms with Crippen LogP contribution in [0.1, 0.15) is 52.4 Å². The van der Waals surface area contributed by atoms with Crippen LogP contribution >= 0.6 is 0 Å². The number of rotatable bonds is 10. The molecule has 0 saturated carbocycles. The van der Waals surface area contributed by atoms with Crippen molar-refractivity contribution in [3.63, 3.8) is 0 Å². The van der Waals surface area contributed by atoms with E-state index in [0.717, 1.165) is 26.1 Å². The molecule has 0 saturated heterocycles. The Kier molecular flexibility index (Phi) is 10.3. The smallest absolute Gasteiger partial charge is 0.151 e. The fourth-order valence-electron chi connectivity index (χ4n) is 1.60. The maximum absolute atomic E-state index is 8.75. The Bertz CT molecular complexity index is 121. The summed E-state index contributed by atoms with van der Waals surface area (Å²) in [5.74, 6) is 0. The normalized spacial score (nSPS) is 11.6. The topological polar surface area (TPSA) is 43.7 Å². The summed E-state index contributed by atoms with van der Waals surface area (Å²) in [6, 6.07) is 0. The number of hydrogen-bond acceptors (Lipinski definition) is 3. The molecule has 15 heavy (non-hydrogen) atoms. The predicted octanol–water partition coefficient (Wildman–Crippen LogP) is 1.98. The number of aliphatic hydroxyl groups excluding tert-OH is 1. The minimum absolute atomic E-state index is 0.495. The van der Waals surface area contributed by atoms with E-state index in [9.17, 15) is 0 Å². The van der Waals surface area contributed by atoms with Crippen molar-refractivity contribution in [2.75, 3.05) is 19.6 Å². The van der Waals surface area contributed by atoms with Crippen LogP contribution in [0.5, 0.6) is 0 Å². The van der Waals surface area contributed by atoms with Gasteiger partial charge in [0, 0.05) is 0 Å². The lowest BCUT2D eigenvalue weighted by atomic mass is 10.2. The van der Waals surface area contributed by atoms with E-state index in [0.29, 0.717) is 6.42 Å². The van der Waals surface area contributed by atoms with Crippen LogP contribution in [0.2, 0.25) is 0 Å². The summed E-state index contributed by atoms with van der Waals surface area (Å²) in [6.45, 7) is 7.71. The molecule has 92 valence electrons. The van der Waals surface area contributed by atoms with Gasteiger partial charge in [0.1, 0.15) is 0 Å². The molecule has 0 aromatic rings. The molecule has 0 radical (unpaired) electrons. The lowest BCUT2D eigenvalue weighted by molar-refractivity contribution is -0.0475. The minimum Gasteiger partial charge on any atom is -0.368 e. The Morgan fingerprint density at radius 1 is 0.867 bits per heavy atom. The van der Waals surface area contributed by atoms with Crippen molar-refractivity contribution in [1.82, 2.24) is 4.90 Å². The molecule has 0 fully saturated rings. The number of hydrogen-bond donors (Lipinski definition) is 2. The second-order valence-electron chi connectivity index (χ2n) is 4.17. The second kappa shape index (κ2) is 10.4. The quantitative estimate of drug-likeness (QED) is 0.550. The fourth-order valence-corrected chi connectivity index (χ4v) is 1.60. The largest absolute Gasteiger partial charge is 0.368 e. The Morgan fingerprint density at radius 3 is 1.73 bits per heavy atom. The Labute approximate surface area is 94.1 Å². The van der Waals surface area contributed by atoms with Crippen LogP contribution in [0.25, 0.3) is 0 Å². The average molecular weight is 217 g/mol. The summed E-state index contributed by atoms with van der Waals surface area (Å²) in [5.41, 5.74) is 0. The van der Waals surface area contributed by atoms with Crippen molar-refractivity contribution in [2.45, 2.75) is 58.7 Å². The molecule has 0 atom stereocenters. The summed E-state index contributed by atoms with van der Waals surface area (Å²) < 4.78 is 0. The molecule has 3 heteroatoms. The summed E-state index contributed by atoms with van der Waals surface area (Å²) in [5, 5.41) is 17.5. The molecule has 0 aliphatic heterocycles. The summed E-state index contributed by atoms with van der Waals surface area (Å²) in [6.07, 6.45) is 5.18. The van der Waals surface area contributed by atoms with Crippen LogP contribution in [-0.4, -0.2) is 41.0 Å². The molecule has 0 spiro atoms. The summed E-state index contributed by atoms with van der Waals surface area (Å²) >= 11 is 0. The summed E-state index contributed by atoms with van der Waals surface area (Å²) in [4.78, 5) is 2.44. The monoisotopic (exact) mass is 217 g/mol. The third-order valence-corrected chi connectivity index (χ3v) is 2.59. The van der Waals surface area contributed by atoms with Gasteiger partial charge in [-0.05, 0) is 45.3 Å². The minimum atomic E-state index is -1.13. The first-order valence-corrected chi connectivity index (χ1v) is 6.29. The van der Waals surface area contributed by atoms with Gasteiger partial charge in [-0.25, -0.2) is 0 Å². The van der Waals surface area contributed by atoms with Gasteiger partial charge in [0.2, 0.25) is 0 Å². The van der Waals surface area contributed by atoms with Crippen molar-refractivity contribution in [3.8, 4) is 0 Å². The van der Waals surface area contributed by atoms with Gasteiger partial charge in [-0.15, -0.1) is 0 Å². The molecular formula is C12H27NO2. The zero-order valence-electron chi connectivity index (χ0n) is 10.3. The van der Waals surface area contributed by atoms with Gasteiger partial charge in [-0.1, -0.05) is 26.7 Å². The highest BCUT2D eigenvalue weighted by Gasteiger charge is 2.04. The maximum Gasteiger partial charge on any atom is 0.151 e. The molecule has 0 heterocycles. The van der Waals surface area contributed by atoms with Gasteiger partial charge in [-0.3, -0.25) is 0 Å². The highest BCUT2D eigenvalue weighted by atomic mass is 16.5. The van der Waals surface area contributed by atoms with Gasteiger partial charge in [0.25, 0.3) is 0 Å². The average Bonchev–Trinajstić information content (AvgIpc) is 2.20. The zero-order chi connectivity index (χ0) is 11.5. The Morgan fingerprint density at radius 2 is 1.33 bits per heavy atom. The van der Waals surface area contributed by atoms with Crippen LogP contribution < -0.4 is 0 Å². The zero-order valence-corrected chi connectivity index (χ0v) is 10.3. The maximum atomic E-state index is 8.75. The lowest BCUT2D eigenvalue weighted by Gasteiger charge is -2.21. The van der Waals surface area contributed by atoms with E-state index in [-0.39, 0.29) is 0 Å². The molecule has 0 aliphatic carbocycles. The highest BCUT2D eigenvalue weighted by molar-refractivity contribution is 4.58. The van der Waals surface area contributed by atoms with Gasteiger partial charge >= 0.3 is 0 Å². The SMILES string of the molecule is CCCCN(CCCC)CCCC(O)O. The van der Waals surface area contributed by atoms with Crippen molar-refractivity contribution in [2.24, 2.45) is 0 Å². The van der Waals surface area contributed by atoms with E-state index in [1.165, 1.54) is 25.7 Å². The van der Waals surface area contributed by atoms with E-state index < -0.39 is 6.29 Å². The fraction of sp³-hybridized carbons (Fsp3) is 1.00. The number of unbranched alkanes of at least 4 members (excludes halogenated alkanes) is 2. The van der Waals surface area contributed by atoms with E-state index >= 15 is 0 Å². The van der Waals surface area contributed by atoms with Crippen LogP contribution in [0.3, 0.4) is 0 Å². The highest BCUT2D eigenvalue weighted by Crippen LogP contribution is 2.03. The van der Waals surface area contributed by atoms with Gasteiger partial charge in [0.05, 0.1) is 0 Å². The van der Waals surface area contributed by atoms with E-state index in [2.05, 4.69) is 18.7 Å². The molecule has 0 aliphatic rings. The molecule has 0 bridgehead atoms. The first kappa shape index (κ1) is 14.9. The molecule has 3 nitrogen and oxygen atoms in total. The van der Waals surface area contributed by atoms with Crippen LogP contribution in [-0.2, 0) is 0 Å². The van der Waals surface area contributed by atoms with Crippen LogP contribution in [0, 0.1) is 0 Å². The molecular weight excluding hydrogens is 190 g/mol. The molecule has 0 aromatic heterocycles. The predicted molar refractivity (Wildman–Crippen MR) is 63.7 cm³/mol. The van der Waals surface area contributed by atoms with Gasteiger partial charge in [0.15, 0.2) is 6.29 Å². The molecule has 0 aromatic carbocycles. The first-order chi connectivity index (χ1) is 7.20. The molecule has 0 rings (SSSR count). The van der Waals surface area contributed by atoms with Crippen LogP contribution in [0.15, 0.2) is 0 Å². The first-order valence-electron chi connectivity index (χ1n) is 6.29. The lowest BCUT2D eigenvalue weighted by Crippen LogP contribution is -2.27. The van der Waals surface area contributed by atoms with E-state index in [1.54, 1.807) is 0 Å². The second-order valence-corrected chi connectivity index (χ2v) is 4.17. The molecule has 0 amide bonds. The van der Waals surface area contributed by atoms with Gasteiger partial charge < -0.3 is 15.1 Å². The van der Waals surface area contributed by atoms with Crippen LogP contribution in [0.4, 0.5) is 0 Å². The van der Waals surface area contributed by atoms with Crippen molar-refractivity contribution in [1.29, 1.82) is 0 Å². The Hall–Kier alpha value is -0.120. The molecule has 0 unspecified atom stereocenters. The third kappa shape index (κ3) is 10.2. The molecule has 2 N–H and O–H groups in total. The number of aliphatic hydroxyl groups is 2. The number of nitrogens with zero attached hydrogens (tertiary/aromatic N) is 1. The standard InChI is InChI=1S/C12H27NO2/c1-3-5-9-13(10-6-4-2)11-7-8-12(14)15/h12,14-15H,3-11H2,1-2H3. The van der Waals surface area contributed by atoms with Crippen molar-refractivity contribution in [3.05, 3.63) is 0 Å². The third-order valence-electron chi connectivity index (χ3n) is 2.59.